The number of nitrogens with one attached hydrogen (secondary N) is 1. The first-order valence-corrected chi connectivity index (χ1v) is 6.03. The SMILES string of the molecule is COc1cccc(-c2cn3cc(C)cc3c(=O)[nH]2)c1. The normalized spacial score (nSPS) is 10.8. The Bertz CT molecular complexity index is 799. The molecule has 0 radical (unpaired) electrons. The van der Waals surface area contributed by atoms with Crippen LogP contribution >= 0.6 is 0 Å². The van der Waals surface area contributed by atoms with Gasteiger partial charge in [-0.15, -0.1) is 0 Å². The number of hydrogen-bond acceptors (Lipinski definition) is 2. The van der Waals surface area contributed by atoms with E-state index in [1.54, 1.807) is 7.11 Å². The van der Waals surface area contributed by atoms with Crippen molar-refractivity contribution in [3.8, 4) is 17.0 Å². The van der Waals surface area contributed by atoms with Gasteiger partial charge in [0.15, 0.2) is 0 Å². The predicted octanol–water partition coefficient (Wildman–Crippen LogP) is 2.61. The van der Waals surface area contributed by atoms with Crippen LogP contribution in [0.1, 0.15) is 5.56 Å². The van der Waals surface area contributed by atoms with E-state index in [1.165, 1.54) is 0 Å². The Hall–Kier alpha value is -2.49. The zero-order valence-corrected chi connectivity index (χ0v) is 10.8. The van der Waals surface area contributed by atoms with Crippen molar-refractivity contribution in [1.82, 2.24) is 9.38 Å². The van der Waals surface area contributed by atoms with Gasteiger partial charge in [-0.25, -0.2) is 0 Å². The lowest BCUT2D eigenvalue weighted by molar-refractivity contribution is 0.415. The molecule has 19 heavy (non-hydrogen) atoms. The molecule has 0 aliphatic carbocycles. The Labute approximate surface area is 110 Å². The summed E-state index contributed by atoms with van der Waals surface area (Å²) in [5.74, 6) is 0.766. The number of hydrogen-bond donors (Lipinski definition) is 1. The van der Waals surface area contributed by atoms with E-state index >= 15 is 0 Å². The summed E-state index contributed by atoms with van der Waals surface area (Å²) in [6, 6.07) is 9.48. The Morgan fingerprint density at radius 1 is 1.21 bits per heavy atom. The number of aryl methyl sites for hydroxylation is 1. The Balaban J connectivity index is 2.21. The maximum atomic E-state index is 12.0. The third-order valence-electron chi connectivity index (χ3n) is 3.12. The van der Waals surface area contributed by atoms with Gasteiger partial charge < -0.3 is 14.1 Å². The number of benzene rings is 1. The standard InChI is InChI=1S/C15H14N2O2/c1-10-6-14-15(18)16-13(9-17(14)8-10)11-4-3-5-12(7-11)19-2/h3-9H,1-2H3,(H,16,18). The van der Waals surface area contributed by atoms with Crippen molar-refractivity contribution in [2.24, 2.45) is 0 Å². The molecule has 3 aromatic rings. The molecule has 0 spiro atoms. The van der Waals surface area contributed by atoms with Crippen LogP contribution in [-0.2, 0) is 0 Å². The van der Waals surface area contributed by atoms with Crippen LogP contribution < -0.4 is 10.3 Å². The number of aromatic amines is 1. The van der Waals surface area contributed by atoms with Crippen molar-refractivity contribution in [1.29, 1.82) is 0 Å². The van der Waals surface area contributed by atoms with E-state index in [0.29, 0.717) is 5.52 Å². The summed E-state index contributed by atoms with van der Waals surface area (Å²) in [6.45, 7) is 1.97. The minimum absolute atomic E-state index is 0.0894. The summed E-state index contributed by atoms with van der Waals surface area (Å²) in [7, 11) is 1.63. The second-order valence-electron chi connectivity index (χ2n) is 4.54. The first-order valence-electron chi connectivity index (χ1n) is 6.03. The second kappa shape index (κ2) is 4.31. The van der Waals surface area contributed by atoms with Crippen LogP contribution in [0.15, 0.2) is 47.5 Å². The van der Waals surface area contributed by atoms with E-state index in [-0.39, 0.29) is 5.56 Å². The molecule has 0 fully saturated rings. The number of methoxy groups -OCH3 is 1. The lowest BCUT2D eigenvalue weighted by Crippen LogP contribution is -2.09. The Morgan fingerprint density at radius 2 is 2.05 bits per heavy atom. The summed E-state index contributed by atoms with van der Waals surface area (Å²) in [5.41, 5.74) is 3.32. The molecule has 2 aromatic heterocycles. The maximum absolute atomic E-state index is 12.0. The van der Waals surface area contributed by atoms with Gasteiger partial charge in [0.1, 0.15) is 11.3 Å². The molecule has 96 valence electrons. The quantitative estimate of drug-likeness (QED) is 0.764. The molecule has 0 amide bonds. The monoisotopic (exact) mass is 254 g/mol. The van der Waals surface area contributed by atoms with Gasteiger partial charge in [-0.2, -0.15) is 0 Å². The highest BCUT2D eigenvalue weighted by molar-refractivity contribution is 5.62. The highest BCUT2D eigenvalue weighted by Crippen LogP contribution is 2.21. The molecule has 1 N–H and O–H groups in total. The summed E-state index contributed by atoms with van der Waals surface area (Å²) < 4.78 is 7.05. The van der Waals surface area contributed by atoms with Crippen LogP contribution in [0.25, 0.3) is 16.8 Å². The maximum Gasteiger partial charge on any atom is 0.272 e. The van der Waals surface area contributed by atoms with Crippen molar-refractivity contribution < 1.29 is 4.74 Å². The zero-order chi connectivity index (χ0) is 13.4. The minimum atomic E-state index is -0.0894. The average molecular weight is 254 g/mol. The van der Waals surface area contributed by atoms with Gasteiger partial charge in [-0.1, -0.05) is 12.1 Å². The molecule has 0 aliphatic heterocycles. The highest BCUT2D eigenvalue weighted by atomic mass is 16.5. The lowest BCUT2D eigenvalue weighted by atomic mass is 10.1. The summed E-state index contributed by atoms with van der Waals surface area (Å²) in [4.78, 5) is 14.9. The largest absolute Gasteiger partial charge is 0.497 e. The summed E-state index contributed by atoms with van der Waals surface area (Å²) in [5, 5.41) is 0. The average Bonchev–Trinajstić information content (AvgIpc) is 2.80. The fraction of sp³-hybridized carbons (Fsp3) is 0.133. The lowest BCUT2D eigenvalue weighted by Gasteiger charge is -2.05. The molecular weight excluding hydrogens is 240 g/mol. The van der Waals surface area contributed by atoms with Crippen molar-refractivity contribution in [2.45, 2.75) is 6.92 Å². The molecule has 0 unspecified atom stereocenters. The zero-order valence-electron chi connectivity index (χ0n) is 10.8. The van der Waals surface area contributed by atoms with Gasteiger partial charge in [0.05, 0.1) is 12.8 Å². The van der Waals surface area contributed by atoms with Gasteiger partial charge in [-0.05, 0) is 30.7 Å². The summed E-state index contributed by atoms with van der Waals surface area (Å²) >= 11 is 0. The van der Waals surface area contributed by atoms with Gasteiger partial charge in [-0.3, -0.25) is 4.79 Å². The molecule has 0 aliphatic rings. The van der Waals surface area contributed by atoms with E-state index < -0.39 is 0 Å². The number of aromatic nitrogens is 2. The van der Waals surface area contributed by atoms with Crippen molar-refractivity contribution >= 4 is 5.52 Å². The van der Waals surface area contributed by atoms with Gasteiger partial charge in [0.2, 0.25) is 0 Å². The van der Waals surface area contributed by atoms with E-state index in [9.17, 15) is 4.79 Å². The highest BCUT2D eigenvalue weighted by Gasteiger charge is 2.05. The van der Waals surface area contributed by atoms with Crippen LogP contribution in [0.3, 0.4) is 0 Å². The fourth-order valence-electron chi connectivity index (χ4n) is 2.20. The van der Waals surface area contributed by atoms with Crippen molar-refractivity contribution in [2.75, 3.05) is 7.11 Å². The van der Waals surface area contributed by atoms with E-state index in [4.69, 9.17) is 4.74 Å². The molecule has 3 rings (SSSR count). The predicted molar refractivity (Wildman–Crippen MR) is 74.7 cm³/mol. The third kappa shape index (κ3) is 2.01. The van der Waals surface area contributed by atoms with Gasteiger partial charge in [0.25, 0.3) is 5.56 Å². The number of ether oxygens (including phenoxy) is 1. The topological polar surface area (TPSA) is 46.5 Å². The number of H-pyrrole nitrogens is 1. The first kappa shape index (κ1) is 11.6. The molecule has 2 heterocycles. The Kier molecular flexibility index (Phi) is 2.63. The van der Waals surface area contributed by atoms with E-state index in [2.05, 4.69) is 4.98 Å². The minimum Gasteiger partial charge on any atom is -0.497 e. The van der Waals surface area contributed by atoms with Crippen LogP contribution in [0.4, 0.5) is 0 Å². The fourth-order valence-corrected chi connectivity index (χ4v) is 2.20. The number of rotatable bonds is 2. The molecule has 4 nitrogen and oxygen atoms in total. The molecule has 1 aromatic carbocycles. The van der Waals surface area contributed by atoms with Crippen LogP contribution in [0.2, 0.25) is 0 Å². The van der Waals surface area contributed by atoms with Crippen LogP contribution in [0, 0.1) is 6.92 Å². The molecule has 0 atom stereocenters. The van der Waals surface area contributed by atoms with Gasteiger partial charge in [0, 0.05) is 18.0 Å². The van der Waals surface area contributed by atoms with E-state index in [0.717, 1.165) is 22.6 Å². The molecule has 0 saturated carbocycles. The van der Waals surface area contributed by atoms with Crippen LogP contribution in [-0.4, -0.2) is 16.5 Å². The van der Waals surface area contributed by atoms with Crippen LogP contribution in [0.5, 0.6) is 5.75 Å². The second-order valence-corrected chi connectivity index (χ2v) is 4.54. The molecule has 0 bridgehead atoms. The third-order valence-corrected chi connectivity index (χ3v) is 3.12. The first-order chi connectivity index (χ1) is 9.17. The Morgan fingerprint density at radius 3 is 2.84 bits per heavy atom. The van der Waals surface area contributed by atoms with E-state index in [1.807, 2.05) is 54.0 Å². The smallest absolute Gasteiger partial charge is 0.272 e. The number of fused-ring (bicyclic) bond motifs is 1. The van der Waals surface area contributed by atoms with Crippen molar-refractivity contribution in [3.63, 3.8) is 0 Å². The molecule has 0 saturated heterocycles. The molecule has 4 heteroatoms. The summed E-state index contributed by atoms with van der Waals surface area (Å²) in [6.07, 6.45) is 3.85. The van der Waals surface area contributed by atoms with Crippen molar-refractivity contribution in [3.05, 3.63) is 58.6 Å². The number of nitrogens with zero attached hydrogens (tertiary/aromatic N) is 1. The van der Waals surface area contributed by atoms with Gasteiger partial charge >= 0.3 is 0 Å². The molecular formula is C15H14N2O2.